The van der Waals surface area contributed by atoms with Gasteiger partial charge in [0, 0.05) is 19.1 Å². The molecule has 0 bridgehead atoms. The lowest BCUT2D eigenvalue weighted by Gasteiger charge is -2.34. The number of likely N-dealkylation sites (tertiary alicyclic amines) is 1. The van der Waals surface area contributed by atoms with Gasteiger partial charge in [-0.05, 0) is 43.9 Å². The zero-order chi connectivity index (χ0) is 13.0. The molecule has 1 amide bonds. The Morgan fingerprint density at radius 2 is 2.22 bits per heavy atom. The fourth-order valence-electron chi connectivity index (χ4n) is 2.81. The number of carbonyl (C=O) groups is 1. The standard InChI is InChI=1S/C14H26N2OS/c1-11(2)15-9-12-5-3-7-16(10-12)14(17)13-6-4-8-18-13/h11-13,15H,3-10H2,1-2H3. The second-order valence-electron chi connectivity index (χ2n) is 5.86. The first-order chi connectivity index (χ1) is 8.66. The molecule has 2 aliphatic rings. The molecule has 104 valence electrons. The molecule has 0 saturated carbocycles. The SMILES string of the molecule is CC(C)NCC1CCCN(C(=O)C2CCCS2)C1. The van der Waals surface area contributed by atoms with E-state index in [2.05, 4.69) is 24.1 Å². The molecule has 4 heteroatoms. The van der Waals surface area contributed by atoms with Crippen LogP contribution in [0, 0.1) is 5.92 Å². The summed E-state index contributed by atoms with van der Waals surface area (Å²) in [6, 6.07) is 0.543. The molecule has 2 saturated heterocycles. The van der Waals surface area contributed by atoms with E-state index in [1.54, 1.807) is 0 Å². The Hall–Kier alpha value is -0.220. The van der Waals surface area contributed by atoms with Crippen molar-refractivity contribution in [3.8, 4) is 0 Å². The largest absolute Gasteiger partial charge is 0.341 e. The fraction of sp³-hybridized carbons (Fsp3) is 0.929. The second kappa shape index (κ2) is 6.80. The molecule has 18 heavy (non-hydrogen) atoms. The molecule has 0 radical (unpaired) electrons. The molecule has 2 aliphatic heterocycles. The van der Waals surface area contributed by atoms with E-state index in [9.17, 15) is 4.79 Å². The number of nitrogens with zero attached hydrogens (tertiary/aromatic N) is 1. The molecular weight excluding hydrogens is 244 g/mol. The first-order valence-electron chi connectivity index (χ1n) is 7.30. The van der Waals surface area contributed by atoms with Crippen LogP contribution in [-0.2, 0) is 4.79 Å². The van der Waals surface area contributed by atoms with E-state index in [0.29, 0.717) is 17.9 Å². The highest BCUT2D eigenvalue weighted by Crippen LogP contribution is 2.29. The summed E-state index contributed by atoms with van der Waals surface area (Å²) >= 11 is 1.86. The monoisotopic (exact) mass is 270 g/mol. The minimum atomic E-state index is 0.266. The van der Waals surface area contributed by atoms with Crippen molar-refractivity contribution in [2.24, 2.45) is 5.92 Å². The van der Waals surface area contributed by atoms with Crippen molar-refractivity contribution < 1.29 is 4.79 Å². The van der Waals surface area contributed by atoms with E-state index < -0.39 is 0 Å². The van der Waals surface area contributed by atoms with Crippen LogP contribution >= 0.6 is 11.8 Å². The molecule has 2 fully saturated rings. The number of rotatable bonds is 4. The van der Waals surface area contributed by atoms with E-state index in [1.165, 1.54) is 25.0 Å². The number of carbonyl (C=O) groups excluding carboxylic acids is 1. The number of thioether (sulfide) groups is 1. The van der Waals surface area contributed by atoms with Gasteiger partial charge in [-0.15, -0.1) is 11.8 Å². The molecular formula is C14H26N2OS. The van der Waals surface area contributed by atoms with Crippen molar-refractivity contribution in [2.75, 3.05) is 25.4 Å². The maximum Gasteiger partial charge on any atom is 0.235 e. The molecule has 0 spiro atoms. The van der Waals surface area contributed by atoms with Gasteiger partial charge in [0.1, 0.15) is 0 Å². The summed E-state index contributed by atoms with van der Waals surface area (Å²) in [4.78, 5) is 14.5. The van der Waals surface area contributed by atoms with Gasteiger partial charge in [-0.25, -0.2) is 0 Å². The van der Waals surface area contributed by atoms with E-state index >= 15 is 0 Å². The highest BCUT2D eigenvalue weighted by Gasteiger charge is 2.30. The predicted octanol–water partition coefficient (Wildman–Crippen LogP) is 2.12. The summed E-state index contributed by atoms with van der Waals surface area (Å²) < 4.78 is 0. The van der Waals surface area contributed by atoms with Crippen molar-refractivity contribution in [1.82, 2.24) is 10.2 Å². The van der Waals surface area contributed by atoms with E-state index in [-0.39, 0.29) is 5.25 Å². The van der Waals surface area contributed by atoms with Gasteiger partial charge in [0.2, 0.25) is 5.91 Å². The van der Waals surface area contributed by atoms with E-state index in [1.807, 2.05) is 11.8 Å². The van der Waals surface area contributed by atoms with Crippen LogP contribution in [-0.4, -0.2) is 47.5 Å². The summed E-state index contributed by atoms with van der Waals surface area (Å²) in [6.45, 7) is 7.37. The third-order valence-electron chi connectivity index (χ3n) is 3.85. The Balaban J connectivity index is 1.80. The number of hydrogen-bond acceptors (Lipinski definition) is 3. The molecule has 0 aromatic carbocycles. The van der Waals surface area contributed by atoms with Gasteiger partial charge in [0.05, 0.1) is 5.25 Å². The Bertz CT molecular complexity index is 277. The topological polar surface area (TPSA) is 32.3 Å². The Morgan fingerprint density at radius 3 is 2.89 bits per heavy atom. The lowest BCUT2D eigenvalue weighted by molar-refractivity contribution is -0.132. The molecule has 0 aromatic rings. The van der Waals surface area contributed by atoms with Crippen LogP contribution in [0.25, 0.3) is 0 Å². The van der Waals surface area contributed by atoms with Crippen LogP contribution in [0.2, 0.25) is 0 Å². The van der Waals surface area contributed by atoms with Crippen LogP contribution < -0.4 is 5.32 Å². The van der Waals surface area contributed by atoms with Crippen molar-refractivity contribution in [2.45, 2.75) is 50.8 Å². The molecule has 2 atom stereocenters. The third-order valence-corrected chi connectivity index (χ3v) is 5.21. The third kappa shape index (κ3) is 3.89. The molecule has 2 heterocycles. The number of hydrogen-bond donors (Lipinski definition) is 1. The zero-order valence-corrected chi connectivity index (χ0v) is 12.5. The van der Waals surface area contributed by atoms with E-state index in [4.69, 9.17) is 0 Å². The first-order valence-corrected chi connectivity index (χ1v) is 8.35. The van der Waals surface area contributed by atoms with Gasteiger partial charge in [-0.3, -0.25) is 4.79 Å². The second-order valence-corrected chi connectivity index (χ2v) is 7.17. The fourth-order valence-corrected chi connectivity index (χ4v) is 4.05. The molecule has 0 aromatic heterocycles. The van der Waals surface area contributed by atoms with Crippen molar-refractivity contribution in [3.63, 3.8) is 0 Å². The van der Waals surface area contributed by atoms with Gasteiger partial charge in [0.15, 0.2) is 0 Å². The minimum absolute atomic E-state index is 0.266. The van der Waals surface area contributed by atoms with Gasteiger partial charge < -0.3 is 10.2 Å². The summed E-state index contributed by atoms with van der Waals surface area (Å²) in [6.07, 6.45) is 4.75. The summed E-state index contributed by atoms with van der Waals surface area (Å²) in [5, 5.41) is 3.77. The summed E-state index contributed by atoms with van der Waals surface area (Å²) in [5.41, 5.74) is 0. The Kier molecular flexibility index (Phi) is 5.37. The lowest BCUT2D eigenvalue weighted by Crippen LogP contribution is -2.46. The van der Waals surface area contributed by atoms with Crippen molar-refractivity contribution in [3.05, 3.63) is 0 Å². The van der Waals surface area contributed by atoms with Crippen LogP contribution in [0.5, 0.6) is 0 Å². The van der Waals surface area contributed by atoms with Gasteiger partial charge in [0.25, 0.3) is 0 Å². The molecule has 0 aliphatic carbocycles. The maximum atomic E-state index is 12.4. The maximum absolute atomic E-state index is 12.4. The average Bonchev–Trinajstić information content (AvgIpc) is 2.89. The minimum Gasteiger partial charge on any atom is -0.341 e. The molecule has 1 N–H and O–H groups in total. The predicted molar refractivity (Wildman–Crippen MR) is 77.9 cm³/mol. The van der Waals surface area contributed by atoms with Crippen LogP contribution in [0.15, 0.2) is 0 Å². The number of nitrogens with one attached hydrogen (secondary N) is 1. The Labute approximate surface area is 115 Å². The quantitative estimate of drug-likeness (QED) is 0.849. The zero-order valence-electron chi connectivity index (χ0n) is 11.7. The average molecular weight is 270 g/mol. The first kappa shape index (κ1) is 14.2. The Morgan fingerprint density at radius 1 is 1.39 bits per heavy atom. The van der Waals surface area contributed by atoms with Crippen molar-refractivity contribution in [1.29, 1.82) is 0 Å². The lowest BCUT2D eigenvalue weighted by atomic mass is 9.97. The van der Waals surface area contributed by atoms with Gasteiger partial charge in [-0.1, -0.05) is 13.8 Å². The number of piperidine rings is 1. The molecule has 3 nitrogen and oxygen atoms in total. The summed E-state index contributed by atoms with van der Waals surface area (Å²) in [7, 11) is 0. The summed E-state index contributed by atoms with van der Waals surface area (Å²) in [5.74, 6) is 2.23. The smallest absolute Gasteiger partial charge is 0.235 e. The molecule has 2 unspecified atom stereocenters. The van der Waals surface area contributed by atoms with E-state index in [0.717, 1.165) is 26.1 Å². The van der Waals surface area contributed by atoms with Crippen LogP contribution in [0.4, 0.5) is 0 Å². The van der Waals surface area contributed by atoms with Gasteiger partial charge >= 0.3 is 0 Å². The number of amides is 1. The van der Waals surface area contributed by atoms with Crippen LogP contribution in [0.1, 0.15) is 39.5 Å². The van der Waals surface area contributed by atoms with Crippen LogP contribution in [0.3, 0.4) is 0 Å². The van der Waals surface area contributed by atoms with Gasteiger partial charge in [-0.2, -0.15) is 0 Å². The molecule has 2 rings (SSSR count). The van der Waals surface area contributed by atoms with Crippen molar-refractivity contribution >= 4 is 17.7 Å². The highest BCUT2D eigenvalue weighted by molar-refractivity contribution is 8.00. The normalized spacial score (nSPS) is 28.9. The highest BCUT2D eigenvalue weighted by atomic mass is 32.2.